The van der Waals surface area contributed by atoms with Crippen molar-refractivity contribution in [2.24, 2.45) is 0 Å². The summed E-state index contributed by atoms with van der Waals surface area (Å²) in [6.07, 6.45) is 7.92. The van der Waals surface area contributed by atoms with Crippen molar-refractivity contribution in [3.8, 4) is 0 Å². The summed E-state index contributed by atoms with van der Waals surface area (Å²) in [6.45, 7) is 1.47. The van der Waals surface area contributed by atoms with Crippen LogP contribution in [0.2, 0.25) is 0 Å². The fraction of sp³-hybridized carbons (Fsp3) is 0.143. The molecule has 0 bridgehead atoms. The predicted molar refractivity (Wildman–Crippen MR) is 146 cm³/mol. The molecule has 200 valence electrons. The van der Waals surface area contributed by atoms with E-state index in [1.165, 1.54) is 6.92 Å². The van der Waals surface area contributed by atoms with Crippen LogP contribution < -0.4 is 15.5 Å². The lowest BCUT2D eigenvalue weighted by Crippen LogP contribution is -2.49. The maximum Gasteiger partial charge on any atom is 0.326 e. The Balaban J connectivity index is 1.30. The second kappa shape index (κ2) is 11.2. The van der Waals surface area contributed by atoms with Crippen molar-refractivity contribution in [3.63, 3.8) is 0 Å². The number of para-hydroxylation sites is 1. The van der Waals surface area contributed by atoms with Crippen molar-refractivity contribution in [2.45, 2.75) is 33.3 Å². The van der Waals surface area contributed by atoms with Crippen LogP contribution in [-0.4, -0.2) is 28.5 Å². The van der Waals surface area contributed by atoms with Gasteiger partial charge in [-0.1, -0.05) is 42.5 Å². The SMILES string of the molecule is CC(Sc1cccc(NC(=O)N2c3ccccc3SC3C=CC=CC32)c1)C(=O)Nc1c(F)c(F)cc(F)c1F. The van der Waals surface area contributed by atoms with Gasteiger partial charge in [0.2, 0.25) is 5.91 Å². The second-order valence-electron chi connectivity index (χ2n) is 8.73. The topological polar surface area (TPSA) is 61.4 Å². The molecule has 39 heavy (non-hydrogen) atoms. The summed E-state index contributed by atoms with van der Waals surface area (Å²) in [5.74, 6) is -7.47. The number of hydrogen-bond acceptors (Lipinski definition) is 4. The number of amides is 3. The summed E-state index contributed by atoms with van der Waals surface area (Å²) in [5, 5.41) is 4.02. The van der Waals surface area contributed by atoms with E-state index < -0.39 is 40.1 Å². The van der Waals surface area contributed by atoms with Gasteiger partial charge in [0, 0.05) is 21.5 Å². The molecular weight excluding hydrogens is 550 g/mol. The van der Waals surface area contributed by atoms with Crippen LogP contribution in [0.25, 0.3) is 0 Å². The summed E-state index contributed by atoms with van der Waals surface area (Å²) in [6, 6.07) is 14.0. The molecule has 2 N–H and O–H groups in total. The first-order chi connectivity index (χ1) is 18.7. The molecule has 11 heteroatoms. The highest BCUT2D eigenvalue weighted by molar-refractivity contribution is 8.00. The molecule has 0 fully saturated rings. The summed E-state index contributed by atoms with van der Waals surface area (Å²) in [5.41, 5.74) is 0.0885. The number of benzene rings is 3. The molecule has 0 saturated carbocycles. The highest BCUT2D eigenvalue weighted by Gasteiger charge is 2.36. The molecule has 3 aromatic carbocycles. The van der Waals surface area contributed by atoms with Crippen LogP contribution in [0.15, 0.2) is 88.7 Å². The van der Waals surface area contributed by atoms with Crippen LogP contribution in [-0.2, 0) is 4.79 Å². The Bertz CT molecular complexity index is 1490. The van der Waals surface area contributed by atoms with Gasteiger partial charge >= 0.3 is 6.03 Å². The zero-order chi connectivity index (χ0) is 27.7. The van der Waals surface area contributed by atoms with E-state index in [0.717, 1.165) is 22.3 Å². The molecular formula is C28H21F4N3O2S2. The van der Waals surface area contributed by atoms with Gasteiger partial charge in [0.1, 0.15) is 5.69 Å². The maximum absolute atomic E-state index is 14.0. The second-order valence-corrected chi connectivity index (χ2v) is 11.4. The molecule has 3 unspecified atom stereocenters. The number of anilines is 3. The molecule has 5 rings (SSSR count). The fourth-order valence-corrected chi connectivity index (χ4v) is 6.41. The molecule has 0 saturated heterocycles. The smallest absolute Gasteiger partial charge is 0.320 e. The Morgan fingerprint density at radius 2 is 1.64 bits per heavy atom. The summed E-state index contributed by atoms with van der Waals surface area (Å²) in [7, 11) is 0. The van der Waals surface area contributed by atoms with Gasteiger partial charge in [-0.05, 0) is 37.3 Å². The highest BCUT2D eigenvalue weighted by Crippen LogP contribution is 2.43. The Labute approximate surface area is 230 Å². The van der Waals surface area contributed by atoms with Crippen LogP contribution in [0.5, 0.6) is 0 Å². The fourth-order valence-electron chi connectivity index (χ4n) is 4.22. The first-order valence-corrected chi connectivity index (χ1v) is 13.6. The standard InChI is InChI=1S/C28H21F4N3O2S2/c1-15(27(36)34-26-24(31)18(29)14-19(30)25(26)32)38-17-8-6-7-16(13-17)33-28(37)35-20-9-2-4-11-22(20)39-23-12-5-3-10-21(23)35/h2-15,20,22H,1H3,(H,33,37)(H,34,36). The number of nitrogens with zero attached hydrogens (tertiary/aromatic N) is 1. The van der Waals surface area contributed by atoms with E-state index in [1.807, 2.05) is 47.8 Å². The van der Waals surface area contributed by atoms with E-state index in [9.17, 15) is 27.2 Å². The molecule has 1 aliphatic carbocycles. The van der Waals surface area contributed by atoms with Gasteiger partial charge in [-0.25, -0.2) is 22.4 Å². The molecule has 0 radical (unpaired) electrons. The molecule has 3 atom stereocenters. The van der Waals surface area contributed by atoms with Crippen molar-refractivity contribution >= 4 is 52.5 Å². The van der Waals surface area contributed by atoms with Gasteiger partial charge in [0.25, 0.3) is 0 Å². The predicted octanol–water partition coefficient (Wildman–Crippen LogP) is 7.37. The van der Waals surface area contributed by atoms with E-state index in [0.29, 0.717) is 10.6 Å². The van der Waals surface area contributed by atoms with E-state index >= 15 is 0 Å². The lowest BCUT2D eigenvalue weighted by Gasteiger charge is -2.40. The third-order valence-electron chi connectivity index (χ3n) is 6.09. The van der Waals surface area contributed by atoms with Gasteiger partial charge in [-0.2, -0.15) is 0 Å². The number of urea groups is 1. The van der Waals surface area contributed by atoms with Gasteiger partial charge in [0.15, 0.2) is 23.3 Å². The minimum absolute atomic E-state index is 0.0677. The molecule has 1 heterocycles. The van der Waals surface area contributed by atoms with Crippen LogP contribution in [0.3, 0.4) is 0 Å². The molecule has 5 nitrogen and oxygen atoms in total. The monoisotopic (exact) mass is 571 g/mol. The summed E-state index contributed by atoms with van der Waals surface area (Å²) in [4.78, 5) is 29.3. The first-order valence-electron chi connectivity index (χ1n) is 11.8. The van der Waals surface area contributed by atoms with Gasteiger partial charge < -0.3 is 10.6 Å². The maximum atomic E-state index is 14.0. The van der Waals surface area contributed by atoms with E-state index in [-0.39, 0.29) is 23.4 Å². The summed E-state index contributed by atoms with van der Waals surface area (Å²) < 4.78 is 54.9. The zero-order valence-electron chi connectivity index (χ0n) is 20.3. The van der Waals surface area contributed by atoms with Crippen LogP contribution in [0.1, 0.15) is 6.92 Å². The average molecular weight is 572 g/mol. The number of carbonyl (C=O) groups excluding carboxylic acids is 2. The Morgan fingerprint density at radius 1 is 0.923 bits per heavy atom. The number of fused-ring (bicyclic) bond motifs is 2. The number of allylic oxidation sites excluding steroid dienone is 2. The molecule has 0 spiro atoms. The molecule has 0 aromatic heterocycles. The lowest BCUT2D eigenvalue weighted by molar-refractivity contribution is -0.115. The van der Waals surface area contributed by atoms with Crippen molar-refractivity contribution < 1.29 is 27.2 Å². The largest absolute Gasteiger partial charge is 0.326 e. The number of nitrogens with one attached hydrogen (secondary N) is 2. The van der Waals surface area contributed by atoms with Crippen molar-refractivity contribution in [1.82, 2.24) is 0 Å². The Morgan fingerprint density at radius 3 is 2.41 bits per heavy atom. The van der Waals surface area contributed by atoms with Gasteiger partial charge in [-0.3, -0.25) is 9.69 Å². The van der Waals surface area contributed by atoms with Crippen LogP contribution in [0, 0.1) is 23.3 Å². The Hall–Kier alpha value is -3.70. The van der Waals surface area contributed by atoms with E-state index in [2.05, 4.69) is 11.4 Å². The minimum Gasteiger partial charge on any atom is -0.320 e. The number of halogens is 4. The molecule has 1 aliphatic heterocycles. The lowest BCUT2D eigenvalue weighted by atomic mass is 10.1. The third kappa shape index (κ3) is 5.55. The number of thioether (sulfide) groups is 2. The average Bonchev–Trinajstić information content (AvgIpc) is 2.92. The quantitative estimate of drug-likeness (QED) is 0.191. The minimum atomic E-state index is -1.69. The Kier molecular flexibility index (Phi) is 7.72. The van der Waals surface area contributed by atoms with E-state index in [1.54, 1.807) is 40.9 Å². The molecule has 3 aromatic rings. The van der Waals surface area contributed by atoms with Crippen LogP contribution >= 0.6 is 23.5 Å². The number of rotatable bonds is 5. The normalized spacial score (nSPS) is 18.2. The number of carbonyl (C=O) groups is 2. The van der Waals surface area contributed by atoms with Crippen molar-refractivity contribution in [1.29, 1.82) is 0 Å². The summed E-state index contributed by atoms with van der Waals surface area (Å²) >= 11 is 2.74. The first kappa shape index (κ1) is 26.9. The van der Waals surface area contributed by atoms with Gasteiger partial charge in [0.05, 0.1) is 22.2 Å². The van der Waals surface area contributed by atoms with Crippen molar-refractivity contribution in [2.75, 3.05) is 15.5 Å². The third-order valence-corrected chi connectivity index (χ3v) is 8.49. The van der Waals surface area contributed by atoms with Crippen LogP contribution in [0.4, 0.5) is 39.4 Å². The highest BCUT2D eigenvalue weighted by atomic mass is 32.2. The van der Waals surface area contributed by atoms with E-state index in [4.69, 9.17) is 0 Å². The number of hydrogen-bond donors (Lipinski definition) is 2. The zero-order valence-corrected chi connectivity index (χ0v) is 22.0. The van der Waals surface area contributed by atoms with Gasteiger partial charge in [-0.15, -0.1) is 23.5 Å². The molecule has 3 amide bonds. The molecule has 2 aliphatic rings. The van der Waals surface area contributed by atoms with Crippen molar-refractivity contribution in [3.05, 3.63) is 102 Å².